The molecule has 8 heteroatoms. The van der Waals surface area contributed by atoms with Gasteiger partial charge in [0.15, 0.2) is 16.6 Å². The highest BCUT2D eigenvalue weighted by atomic mass is 32.2. The van der Waals surface area contributed by atoms with E-state index >= 15 is 0 Å². The van der Waals surface area contributed by atoms with Crippen LogP contribution in [0.1, 0.15) is 34.0 Å². The predicted molar refractivity (Wildman–Crippen MR) is 93.6 cm³/mol. The van der Waals surface area contributed by atoms with Crippen molar-refractivity contribution in [2.24, 2.45) is 0 Å². The number of pyridine rings is 1. The van der Waals surface area contributed by atoms with Gasteiger partial charge < -0.3 is 0 Å². The van der Waals surface area contributed by atoms with Crippen molar-refractivity contribution < 1.29 is 18.0 Å². The van der Waals surface area contributed by atoms with Crippen molar-refractivity contribution in [2.45, 2.75) is 37.4 Å². The molecule has 2 aromatic heterocycles. The summed E-state index contributed by atoms with van der Waals surface area (Å²) < 4.78 is 40.1. The minimum atomic E-state index is -4.46. The topological polar surface area (TPSA) is 47.3 Å². The van der Waals surface area contributed by atoms with Crippen LogP contribution in [0.3, 0.4) is 0 Å². The molecule has 0 aliphatic heterocycles. The normalized spacial score (nSPS) is 13.2. The summed E-state index contributed by atoms with van der Waals surface area (Å²) in [6.45, 7) is 5.47. The number of halogens is 3. The molecule has 4 nitrogen and oxygen atoms in total. The number of aromatic nitrogens is 3. The smallest absolute Gasteiger partial charge is 0.293 e. The number of benzene rings is 1. The van der Waals surface area contributed by atoms with Crippen LogP contribution in [0.25, 0.3) is 5.65 Å². The Hall–Kier alpha value is -2.35. The number of thioether (sulfide) groups is 1. The fraction of sp³-hybridized carbons (Fsp3) is 0.278. The molecule has 0 saturated heterocycles. The fourth-order valence-corrected chi connectivity index (χ4v) is 3.45. The van der Waals surface area contributed by atoms with Crippen molar-refractivity contribution in [1.82, 2.24) is 14.6 Å². The van der Waals surface area contributed by atoms with Gasteiger partial charge in [-0.15, -0.1) is 10.2 Å². The zero-order valence-corrected chi connectivity index (χ0v) is 15.1. The van der Waals surface area contributed by atoms with Crippen LogP contribution in [0.2, 0.25) is 0 Å². The average Bonchev–Trinajstić information content (AvgIpc) is 2.98. The molecule has 136 valence electrons. The molecule has 0 N–H and O–H groups in total. The lowest BCUT2D eigenvalue weighted by Gasteiger charge is -2.12. The first kappa shape index (κ1) is 18.4. The van der Waals surface area contributed by atoms with Gasteiger partial charge >= 0.3 is 6.18 Å². The first-order chi connectivity index (χ1) is 12.2. The first-order valence-corrected chi connectivity index (χ1v) is 8.75. The average molecular weight is 379 g/mol. The number of Topliss-reactive ketones (excluding diaryl/α,β-unsaturated/α-hetero) is 1. The fourth-order valence-electron chi connectivity index (χ4n) is 2.55. The lowest BCUT2D eigenvalue weighted by molar-refractivity contribution is -0.137. The molecule has 2 heterocycles. The Labute approximate surface area is 152 Å². The van der Waals surface area contributed by atoms with E-state index in [2.05, 4.69) is 10.2 Å². The summed E-state index contributed by atoms with van der Waals surface area (Å²) in [6.07, 6.45) is -3.51. The van der Waals surface area contributed by atoms with Crippen LogP contribution in [-0.4, -0.2) is 25.6 Å². The van der Waals surface area contributed by atoms with E-state index in [-0.39, 0.29) is 10.9 Å². The van der Waals surface area contributed by atoms with Gasteiger partial charge in [0.25, 0.3) is 0 Å². The van der Waals surface area contributed by atoms with E-state index in [1.807, 2.05) is 32.0 Å². The van der Waals surface area contributed by atoms with Gasteiger partial charge in [-0.25, -0.2) is 0 Å². The van der Waals surface area contributed by atoms with Gasteiger partial charge in [-0.05, 0) is 44.5 Å². The van der Waals surface area contributed by atoms with Gasteiger partial charge in [-0.1, -0.05) is 29.5 Å². The maximum absolute atomic E-state index is 12.9. The Kier molecular flexibility index (Phi) is 4.79. The summed E-state index contributed by atoms with van der Waals surface area (Å²) in [6, 6.07) is 7.84. The maximum Gasteiger partial charge on any atom is 0.417 e. The molecular formula is C18H16F3N3OS. The molecular weight excluding hydrogens is 363 g/mol. The van der Waals surface area contributed by atoms with Crippen molar-refractivity contribution in [3.63, 3.8) is 0 Å². The van der Waals surface area contributed by atoms with Crippen molar-refractivity contribution >= 4 is 23.2 Å². The molecule has 0 aliphatic carbocycles. The van der Waals surface area contributed by atoms with Crippen LogP contribution in [0.4, 0.5) is 13.2 Å². The van der Waals surface area contributed by atoms with E-state index in [9.17, 15) is 18.0 Å². The summed E-state index contributed by atoms with van der Waals surface area (Å²) in [4.78, 5) is 12.7. The third-order valence-corrected chi connectivity index (χ3v) is 5.07. The number of ketones is 1. The zero-order chi connectivity index (χ0) is 19.1. The second-order valence-electron chi connectivity index (χ2n) is 6.07. The summed E-state index contributed by atoms with van der Waals surface area (Å²) in [5, 5.41) is 7.53. The second kappa shape index (κ2) is 6.75. The third-order valence-electron chi connectivity index (χ3n) is 4.01. The van der Waals surface area contributed by atoms with Crippen LogP contribution in [-0.2, 0) is 6.18 Å². The molecule has 0 aliphatic rings. The number of nitrogens with zero attached hydrogens (tertiary/aromatic N) is 3. The van der Waals surface area contributed by atoms with Gasteiger partial charge in [0.2, 0.25) is 0 Å². The largest absolute Gasteiger partial charge is 0.417 e. The van der Waals surface area contributed by atoms with Crippen LogP contribution in [0, 0.1) is 13.8 Å². The number of alkyl halides is 3. The highest BCUT2D eigenvalue weighted by molar-refractivity contribution is 8.00. The van der Waals surface area contributed by atoms with Crippen molar-refractivity contribution in [1.29, 1.82) is 0 Å². The summed E-state index contributed by atoms with van der Waals surface area (Å²) in [7, 11) is 0. The number of carbonyl (C=O) groups excluding carboxylic acids is 1. The third kappa shape index (κ3) is 3.60. The summed E-state index contributed by atoms with van der Waals surface area (Å²) in [5.41, 5.74) is 1.94. The molecule has 0 saturated carbocycles. The maximum atomic E-state index is 12.9. The van der Waals surface area contributed by atoms with Crippen molar-refractivity contribution in [3.05, 3.63) is 58.8 Å². The van der Waals surface area contributed by atoms with Gasteiger partial charge in [-0.2, -0.15) is 13.2 Å². The van der Waals surface area contributed by atoms with E-state index in [4.69, 9.17) is 0 Å². The number of aryl methyl sites for hydroxylation is 2. The summed E-state index contributed by atoms with van der Waals surface area (Å²) in [5.74, 6) is -0.0973. The standard InChI is InChI=1S/C18H16F3N3OS/c1-10-4-5-11(2)14(8-10)16(25)12(3)26-17-23-22-15-7-6-13(9-24(15)17)18(19,20)21/h4-9,12H,1-3H3. The lowest BCUT2D eigenvalue weighted by atomic mass is 10.0. The number of carbonyl (C=O) groups is 1. The molecule has 0 spiro atoms. The molecule has 0 bridgehead atoms. The highest BCUT2D eigenvalue weighted by Crippen LogP contribution is 2.31. The number of hydrogen-bond donors (Lipinski definition) is 0. The van der Waals surface area contributed by atoms with E-state index in [1.54, 1.807) is 6.92 Å². The predicted octanol–water partition coefficient (Wildman–Crippen LogP) is 4.73. The van der Waals surface area contributed by atoms with Crippen molar-refractivity contribution in [3.8, 4) is 0 Å². The Morgan fingerprint density at radius 1 is 1.15 bits per heavy atom. The Morgan fingerprint density at radius 3 is 2.58 bits per heavy atom. The van der Waals surface area contributed by atoms with Gasteiger partial charge in [-0.3, -0.25) is 9.20 Å². The molecule has 1 aromatic carbocycles. The minimum Gasteiger partial charge on any atom is -0.293 e. The summed E-state index contributed by atoms with van der Waals surface area (Å²) >= 11 is 1.09. The first-order valence-electron chi connectivity index (χ1n) is 7.87. The molecule has 1 atom stereocenters. The molecule has 3 rings (SSSR count). The highest BCUT2D eigenvalue weighted by Gasteiger charge is 2.31. The van der Waals surface area contributed by atoms with Crippen LogP contribution in [0.5, 0.6) is 0 Å². The monoisotopic (exact) mass is 379 g/mol. The Morgan fingerprint density at radius 2 is 1.88 bits per heavy atom. The lowest BCUT2D eigenvalue weighted by Crippen LogP contribution is -2.15. The molecule has 26 heavy (non-hydrogen) atoms. The van der Waals surface area contributed by atoms with Gasteiger partial charge in [0.1, 0.15) is 0 Å². The number of fused-ring (bicyclic) bond motifs is 1. The second-order valence-corrected chi connectivity index (χ2v) is 7.38. The number of hydrogen-bond acceptors (Lipinski definition) is 4. The molecule has 0 radical (unpaired) electrons. The molecule has 0 fully saturated rings. The van der Waals surface area contributed by atoms with Gasteiger partial charge in [0.05, 0.1) is 10.8 Å². The quantitative estimate of drug-likeness (QED) is 0.486. The van der Waals surface area contributed by atoms with E-state index in [0.717, 1.165) is 35.2 Å². The number of rotatable bonds is 4. The van der Waals surface area contributed by atoms with E-state index in [0.29, 0.717) is 11.2 Å². The Bertz CT molecular complexity index is 981. The van der Waals surface area contributed by atoms with Crippen LogP contribution < -0.4 is 0 Å². The molecule has 1 unspecified atom stereocenters. The molecule has 3 aromatic rings. The van der Waals surface area contributed by atoms with E-state index < -0.39 is 17.0 Å². The van der Waals surface area contributed by atoms with E-state index in [1.165, 1.54) is 10.5 Å². The SMILES string of the molecule is Cc1ccc(C)c(C(=O)C(C)Sc2nnc3ccc(C(F)(F)F)cn23)c1. The minimum absolute atomic E-state index is 0.0973. The van der Waals surface area contributed by atoms with Crippen LogP contribution in [0.15, 0.2) is 41.7 Å². The molecule has 0 amide bonds. The van der Waals surface area contributed by atoms with Crippen LogP contribution >= 0.6 is 11.8 Å². The van der Waals surface area contributed by atoms with Gasteiger partial charge in [0, 0.05) is 11.8 Å². The van der Waals surface area contributed by atoms with Crippen molar-refractivity contribution in [2.75, 3.05) is 0 Å². The zero-order valence-electron chi connectivity index (χ0n) is 14.3. The Balaban J connectivity index is 1.90.